The summed E-state index contributed by atoms with van der Waals surface area (Å²) in [5.74, 6) is -0.860. The predicted octanol–water partition coefficient (Wildman–Crippen LogP) is 2.96. The highest BCUT2D eigenvalue weighted by molar-refractivity contribution is 9.09. The molecule has 0 spiro atoms. The maximum atomic E-state index is 11.9. The highest BCUT2D eigenvalue weighted by atomic mass is 79.9. The van der Waals surface area contributed by atoms with Crippen molar-refractivity contribution in [1.82, 2.24) is 4.90 Å². The molecule has 0 unspecified atom stereocenters. The molecule has 0 radical (unpaired) electrons. The molecule has 0 aliphatic rings. The van der Waals surface area contributed by atoms with Crippen LogP contribution in [-0.4, -0.2) is 35.9 Å². The summed E-state index contributed by atoms with van der Waals surface area (Å²) in [4.78, 5) is 12.2. The summed E-state index contributed by atoms with van der Waals surface area (Å²) in [6, 6.07) is 0. The van der Waals surface area contributed by atoms with Gasteiger partial charge < -0.3 is 4.90 Å². The first-order chi connectivity index (χ1) is 6.87. The maximum Gasteiger partial charge on any atom is 0.397 e. The summed E-state index contributed by atoms with van der Waals surface area (Å²) in [7, 11) is 1.40. The first kappa shape index (κ1) is 14.7. The van der Waals surface area contributed by atoms with E-state index in [0.29, 0.717) is 6.54 Å². The quantitative estimate of drug-likeness (QED) is 0.544. The van der Waals surface area contributed by atoms with Crippen LogP contribution in [-0.2, 0) is 4.79 Å². The van der Waals surface area contributed by atoms with Gasteiger partial charge in [-0.15, -0.1) is 0 Å². The number of nitrogens with zero attached hydrogens (tertiary/aromatic N) is 1. The van der Waals surface area contributed by atoms with Crippen LogP contribution in [0.1, 0.15) is 25.7 Å². The van der Waals surface area contributed by atoms with Crippen molar-refractivity contribution in [3.05, 3.63) is 0 Å². The molecule has 15 heavy (non-hydrogen) atoms. The fraction of sp³-hybridized carbons (Fsp3) is 0.889. The lowest BCUT2D eigenvalue weighted by molar-refractivity contribution is -0.160. The summed E-state index contributed by atoms with van der Waals surface area (Å²) in [6.45, 7) is 0.391. The normalized spacial score (nSPS) is 11.5. The third kappa shape index (κ3) is 8.72. The molecule has 90 valence electrons. The summed E-state index contributed by atoms with van der Waals surface area (Å²) in [5.41, 5.74) is 0. The molecule has 2 nitrogen and oxygen atoms in total. The fourth-order valence-electron chi connectivity index (χ4n) is 1.05. The Morgan fingerprint density at radius 1 is 1.27 bits per heavy atom. The second kappa shape index (κ2) is 7.09. The van der Waals surface area contributed by atoms with Crippen molar-refractivity contribution < 1.29 is 18.0 Å². The Morgan fingerprint density at radius 2 is 1.87 bits per heavy atom. The molecule has 0 aromatic heterocycles. The maximum absolute atomic E-state index is 11.9. The Morgan fingerprint density at radius 3 is 2.33 bits per heavy atom. The van der Waals surface area contributed by atoms with Crippen LogP contribution in [0.5, 0.6) is 0 Å². The average molecular weight is 290 g/mol. The van der Waals surface area contributed by atoms with E-state index >= 15 is 0 Å². The van der Waals surface area contributed by atoms with Crippen molar-refractivity contribution in [3.8, 4) is 0 Å². The van der Waals surface area contributed by atoms with Gasteiger partial charge in [-0.25, -0.2) is 0 Å². The Balaban J connectivity index is 3.70. The summed E-state index contributed by atoms with van der Waals surface area (Å²) < 4.78 is 35.6. The molecule has 0 aromatic rings. The number of halogens is 4. The zero-order valence-electron chi connectivity index (χ0n) is 8.61. The monoisotopic (exact) mass is 289 g/mol. The van der Waals surface area contributed by atoms with Gasteiger partial charge in [0.05, 0.1) is 0 Å². The van der Waals surface area contributed by atoms with Gasteiger partial charge in [0.25, 0.3) is 0 Å². The van der Waals surface area contributed by atoms with E-state index in [2.05, 4.69) is 15.9 Å². The molecule has 0 bridgehead atoms. The number of carbonyl (C=O) groups is 1. The molecule has 0 saturated heterocycles. The van der Waals surface area contributed by atoms with Gasteiger partial charge in [0.15, 0.2) is 0 Å². The average Bonchev–Trinajstić information content (AvgIpc) is 2.09. The molecule has 0 aliphatic carbocycles. The van der Waals surface area contributed by atoms with E-state index in [4.69, 9.17) is 0 Å². The number of hydrogen-bond acceptors (Lipinski definition) is 1. The number of carbonyl (C=O) groups excluding carboxylic acids is 1. The number of rotatable bonds is 6. The van der Waals surface area contributed by atoms with Crippen molar-refractivity contribution in [1.29, 1.82) is 0 Å². The fourth-order valence-corrected chi connectivity index (χ4v) is 1.45. The van der Waals surface area contributed by atoms with Gasteiger partial charge in [-0.3, -0.25) is 4.79 Å². The topological polar surface area (TPSA) is 20.3 Å². The molecular formula is C9H15BrF3NO. The van der Waals surface area contributed by atoms with Gasteiger partial charge in [0.1, 0.15) is 6.42 Å². The second-order valence-corrected chi connectivity index (χ2v) is 4.15. The molecule has 0 fully saturated rings. The van der Waals surface area contributed by atoms with E-state index in [1.165, 1.54) is 7.05 Å². The molecule has 0 saturated carbocycles. The van der Waals surface area contributed by atoms with Gasteiger partial charge in [-0.1, -0.05) is 22.4 Å². The largest absolute Gasteiger partial charge is 0.397 e. The van der Waals surface area contributed by atoms with E-state index in [1.54, 1.807) is 0 Å². The number of unbranched alkanes of at least 4 members (excludes halogenated alkanes) is 2. The van der Waals surface area contributed by atoms with Gasteiger partial charge >= 0.3 is 6.18 Å². The zero-order valence-corrected chi connectivity index (χ0v) is 10.2. The van der Waals surface area contributed by atoms with E-state index in [9.17, 15) is 18.0 Å². The number of amides is 1. The third-order valence-electron chi connectivity index (χ3n) is 1.90. The Kier molecular flexibility index (Phi) is 6.96. The number of alkyl halides is 4. The molecule has 1 amide bonds. The minimum Gasteiger partial charge on any atom is -0.345 e. The van der Waals surface area contributed by atoms with Crippen LogP contribution in [0.25, 0.3) is 0 Å². The molecule has 0 rings (SSSR count). The molecule has 0 atom stereocenters. The SMILES string of the molecule is CN(CCCCCBr)C(=O)CC(F)(F)F. The highest BCUT2D eigenvalue weighted by Gasteiger charge is 2.32. The van der Waals surface area contributed by atoms with Crippen molar-refractivity contribution >= 4 is 21.8 Å². The smallest absolute Gasteiger partial charge is 0.345 e. The van der Waals surface area contributed by atoms with Gasteiger partial charge in [-0.2, -0.15) is 13.2 Å². The Hall–Kier alpha value is -0.260. The molecule has 0 N–H and O–H groups in total. The van der Waals surface area contributed by atoms with Crippen LogP contribution >= 0.6 is 15.9 Å². The van der Waals surface area contributed by atoms with Crippen molar-refractivity contribution in [3.63, 3.8) is 0 Å². The third-order valence-corrected chi connectivity index (χ3v) is 2.47. The first-order valence-electron chi connectivity index (χ1n) is 4.73. The van der Waals surface area contributed by atoms with Crippen LogP contribution in [0.3, 0.4) is 0 Å². The van der Waals surface area contributed by atoms with Gasteiger partial charge in [0.2, 0.25) is 5.91 Å². The van der Waals surface area contributed by atoms with Crippen LogP contribution < -0.4 is 0 Å². The van der Waals surface area contributed by atoms with E-state index < -0.39 is 18.5 Å². The molecule has 0 aromatic carbocycles. The van der Waals surface area contributed by atoms with Crippen LogP contribution in [0, 0.1) is 0 Å². The molecular weight excluding hydrogens is 275 g/mol. The molecule has 0 aliphatic heterocycles. The number of hydrogen-bond donors (Lipinski definition) is 0. The minimum absolute atomic E-state index is 0.391. The lowest BCUT2D eigenvalue weighted by Gasteiger charge is -2.17. The van der Waals surface area contributed by atoms with E-state index in [1.807, 2.05) is 0 Å². The van der Waals surface area contributed by atoms with Crippen molar-refractivity contribution in [2.24, 2.45) is 0 Å². The standard InChI is InChI=1S/C9H15BrF3NO/c1-14(6-4-2-3-5-10)8(15)7-9(11,12)13/h2-7H2,1H3. The summed E-state index contributed by atoms with van der Waals surface area (Å²) in [6.07, 6.45) is -3.13. The van der Waals surface area contributed by atoms with E-state index in [0.717, 1.165) is 29.5 Å². The van der Waals surface area contributed by atoms with Crippen molar-refractivity contribution in [2.45, 2.75) is 31.9 Å². The summed E-state index contributed by atoms with van der Waals surface area (Å²) in [5, 5.41) is 0.882. The minimum atomic E-state index is -4.40. The Bertz CT molecular complexity index is 196. The highest BCUT2D eigenvalue weighted by Crippen LogP contribution is 2.20. The lowest BCUT2D eigenvalue weighted by Crippen LogP contribution is -2.31. The first-order valence-corrected chi connectivity index (χ1v) is 5.85. The van der Waals surface area contributed by atoms with Crippen LogP contribution in [0.2, 0.25) is 0 Å². The second-order valence-electron chi connectivity index (χ2n) is 3.36. The van der Waals surface area contributed by atoms with Crippen LogP contribution in [0.4, 0.5) is 13.2 Å². The lowest BCUT2D eigenvalue weighted by atomic mass is 10.2. The van der Waals surface area contributed by atoms with E-state index in [-0.39, 0.29) is 0 Å². The zero-order chi connectivity index (χ0) is 11.9. The van der Waals surface area contributed by atoms with Crippen molar-refractivity contribution in [2.75, 3.05) is 18.9 Å². The van der Waals surface area contributed by atoms with Crippen LogP contribution in [0.15, 0.2) is 0 Å². The molecule has 0 heterocycles. The molecule has 6 heteroatoms. The van der Waals surface area contributed by atoms with Gasteiger partial charge in [-0.05, 0) is 12.8 Å². The summed E-state index contributed by atoms with van der Waals surface area (Å²) >= 11 is 3.26. The predicted molar refractivity (Wildman–Crippen MR) is 56.0 cm³/mol. The Labute approximate surface area is 95.9 Å². The van der Waals surface area contributed by atoms with Gasteiger partial charge in [0, 0.05) is 18.9 Å².